The number of rotatable bonds is 2. The van der Waals surface area contributed by atoms with E-state index >= 15 is 0 Å². The molecule has 1 fully saturated rings. The number of anilines is 1. The van der Waals surface area contributed by atoms with Crippen molar-refractivity contribution in [1.29, 1.82) is 0 Å². The first kappa shape index (κ1) is 14.4. The molecule has 0 spiro atoms. The van der Waals surface area contributed by atoms with Crippen LogP contribution in [0.5, 0.6) is 0 Å². The maximum Gasteiger partial charge on any atom is 0.245 e. The monoisotopic (exact) mass is 305 g/mol. The first-order chi connectivity index (χ1) is 10.1. The van der Waals surface area contributed by atoms with Gasteiger partial charge in [-0.25, -0.2) is 0 Å². The minimum atomic E-state index is 0.170. The summed E-state index contributed by atoms with van der Waals surface area (Å²) >= 11 is 6.29. The van der Waals surface area contributed by atoms with Crippen LogP contribution in [0, 0.1) is 6.92 Å². The summed E-state index contributed by atoms with van der Waals surface area (Å²) in [6.07, 6.45) is 2.12. The normalized spacial score (nSPS) is 22.6. The van der Waals surface area contributed by atoms with Gasteiger partial charge in [0, 0.05) is 24.2 Å². The van der Waals surface area contributed by atoms with Gasteiger partial charge in [0.25, 0.3) is 0 Å². The zero-order chi connectivity index (χ0) is 15.0. The fourth-order valence-corrected chi connectivity index (χ4v) is 3.09. The second-order valence-electron chi connectivity index (χ2n) is 5.71. The van der Waals surface area contributed by atoms with E-state index in [1.807, 2.05) is 25.1 Å². The number of aromatic amines is 1. The van der Waals surface area contributed by atoms with Crippen LogP contribution in [0.15, 0.2) is 18.2 Å². The third kappa shape index (κ3) is 2.76. The molecule has 1 aliphatic rings. The van der Waals surface area contributed by atoms with Gasteiger partial charge in [0.15, 0.2) is 5.82 Å². The third-order valence-corrected chi connectivity index (χ3v) is 4.47. The van der Waals surface area contributed by atoms with Crippen LogP contribution in [0.2, 0.25) is 5.02 Å². The number of aryl methyl sites for hydroxylation is 1. The van der Waals surface area contributed by atoms with E-state index < -0.39 is 0 Å². The second kappa shape index (κ2) is 5.66. The summed E-state index contributed by atoms with van der Waals surface area (Å²) in [6.45, 7) is 5.07. The van der Waals surface area contributed by atoms with E-state index in [0.29, 0.717) is 16.8 Å². The molecule has 112 valence electrons. The topological polar surface area (TPSA) is 70.8 Å². The van der Waals surface area contributed by atoms with E-state index in [4.69, 9.17) is 17.3 Å². The number of H-pyrrole nitrogens is 1. The van der Waals surface area contributed by atoms with E-state index in [1.165, 1.54) is 0 Å². The zero-order valence-electron chi connectivity index (χ0n) is 12.3. The van der Waals surface area contributed by atoms with E-state index in [9.17, 15) is 0 Å². The van der Waals surface area contributed by atoms with Crippen LogP contribution in [0.25, 0.3) is 11.4 Å². The molecule has 0 saturated carbocycles. The molecule has 0 amide bonds. The lowest BCUT2D eigenvalue weighted by Crippen LogP contribution is -2.50. The van der Waals surface area contributed by atoms with Gasteiger partial charge in [0.2, 0.25) is 5.95 Å². The van der Waals surface area contributed by atoms with E-state index in [1.54, 1.807) is 0 Å². The molecular formula is C15H20ClN5. The average Bonchev–Trinajstić information content (AvgIpc) is 2.91. The molecule has 1 aromatic heterocycles. The van der Waals surface area contributed by atoms with Gasteiger partial charge < -0.3 is 10.6 Å². The molecule has 21 heavy (non-hydrogen) atoms. The molecule has 0 aliphatic carbocycles. The second-order valence-corrected chi connectivity index (χ2v) is 6.11. The third-order valence-electron chi connectivity index (χ3n) is 4.16. The lowest BCUT2D eigenvalue weighted by Gasteiger charge is -2.36. The Kier molecular flexibility index (Phi) is 3.87. The summed E-state index contributed by atoms with van der Waals surface area (Å²) in [5.41, 5.74) is 8.13. The van der Waals surface area contributed by atoms with Crippen LogP contribution < -0.4 is 10.6 Å². The van der Waals surface area contributed by atoms with Crippen molar-refractivity contribution in [2.75, 3.05) is 11.4 Å². The molecule has 0 bridgehead atoms. The molecule has 3 N–H and O–H groups in total. The number of hydrogen-bond donors (Lipinski definition) is 2. The maximum absolute atomic E-state index is 6.29. The Morgan fingerprint density at radius 2 is 2.24 bits per heavy atom. The summed E-state index contributed by atoms with van der Waals surface area (Å²) in [7, 11) is 0. The van der Waals surface area contributed by atoms with E-state index in [2.05, 4.69) is 27.0 Å². The predicted molar refractivity (Wildman–Crippen MR) is 85.6 cm³/mol. The molecule has 1 saturated heterocycles. The van der Waals surface area contributed by atoms with Crippen molar-refractivity contribution in [2.24, 2.45) is 5.73 Å². The van der Waals surface area contributed by atoms with Crippen LogP contribution in [0.1, 0.15) is 25.3 Å². The van der Waals surface area contributed by atoms with Crippen molar-refractivity contribution in [3.63, 3.8) is 0 Å². The molecule has 2 aromatic rings. The number of aromatic nitrogens is 3. The van der Waals surface area contributed by atoms with Crippen molar-refractivity contribution in [3.05, 3.63) is 28.8 Å². The highest BCUT2D eigenvalue weighted by Crippen LogP contribution is 2.28. The minimum Gasteiger partial charge on any atom is -0.335 e. The number of piperidine rings is 1. The first-order valence-corrected chi connectivity index (χ1v) is 7.65. The molecular weight excluding hydrogens is 286 g/mol. The number of hydrogen-bond acceptors (Lipinski definition) is 4. The largest absolute Gasteiger partial charge is 0.335 e. The molecule has 0 radical (unpaired) electrons. The first-order valence-electron chi connectivity index (χ1n) is 7.27. The van der Waals surface area contributed by atoms with E-state index in [-0.39, 0.29) is 12.1 Å². The fraction of sp³-hybridized carbons (Fsp3) is 0.467. The summed E-state index contributed by atoms with van der Waals surface area (Å²) in [6, 6.07) is 6.33. The Hall–Kier alpha value is -1.59. The van der Waals surface area contributed by atoms with Crippen molar-refractivity contribution in [2.45, 2.75) is 38.8 Å². The molecule has 6 heteroatoms. The van der Waals surface area contributed by atoms with Crippen molar-refractivity contribution >= 4 is 17.5 Å². The SMILES string of the molecule is Cc1ccc(-c2nc(N3CCCC(N)C3C)n[nH]2)c(Cl)c1. The lowest BCUT2D eigenvalue weighted by molar-refractivity contribution is 0.416. The van der Waals surface area contributed by atoms with Gasteiger partial charge in [0.05, 0.1) is 5.02 Å². The van der Waals surface area contributed by atoms with Crippen LogP contribution >= 0.6 is 11.6 Å². The Morgan fingerprint density at radius 1 is 1.43 bits per heavy atom. The van der Waals surface area contributed by atoms with Crippen LogP contribution in [-0.2, 0) is 0 Å². The molecule has 5 nitrogen and oxygen atoms in total. The van der Waals surface area contributed by atoms with Crippen molar-refractivity contribution < 1.29 is 0 Å². The predicted octanol–water partition coefficient (Wildman–Crippen LogP) is 2.75. The highest BCUT2D eigenvalue weighted by atomic mass is 35.5. The number of nitrogens with one attached hydrogen (secondary N) is 1. The summed E-state index contributed by atoms with van der Waals surface area (Å²) in [5.74, 6) is 1.39. The zero-order valence-corrected chi connectivity index (χ0v) is 13.1. The Morgan fingerprint density at radius 3 is 3.00 bits per heavy atom. The van der Waals surface area contributed by atoms with Gasteiger partial charge in [-0.2, -0.15) is 4.98 Å². The molecule has 2 heterocycles. The average molecular weight is 306 g/mol. The van der Waals surface area contributed by atoms with Gasteiger partial charge in [-0.1, -0.05) is 17.7 Å². The standard InChI is InChI=1S/C15H20ClN5/c1-9-5-6-11(12(16)8-9)14-18-15(20-19-14)21-7-3-4-13(17)10(21)2/h5-6,8,10,13H,3-4,7,17H2,1-2H3,(H,18,19,20). The quantitative estimate of drug-likeness (QED) is 0.895. The van der Waals surface area contributed by atoms with Crippen LogP contribution in [0.4, 0.5) is 5.95 Å². The fourth-order valence-electron chi connectivity index (χ4n) is 2.77. The minimum absolute atomic E-state index is 0.170. The van der Waals surface area contributed by atoms with Gasteiger partial charge >= 0.3 is 0 Å². The van der Waals surface area contributed by atoms with Gasteiger partial charge in [-0.15, -0.1) is 5.10 Å². The Balaban J connectivity index is 1.89. The molecule has 2 atom stereocenters. The number of nitrogens with two attached hydrogens (primary N) is 1. The van der Waals surface area contributed by atoms with Gasteiger partial charge in [-0.05, 0) is 44.4 Å². The van der Waals surface area contributed by atoms with Crippen LogP contribution in [0.3, 0.4) is 0 Å². The van der Waals surface area contributed by atoms with E-state index in [0.717, 1.165) is 30.5 Å². The lowest BCUT2D eigenvalue weighted by atomic mass is 9.99. The van der Waals surface area contributed by atoms with Crippen molar-refractivity contribution in [1.82, 2.24) is 15.2 Å². The summed E-state index contributed by atoms with van der Waals surface area (Å²) in [4.78, 5) is 6.76. The maximum atomic E-state index is 6.29. The molecule has 1 aromatic carbocycles. The van der Waals surface area contributed by atoms with Crippen molar-refractivity contribution in [3.8, 4) is 11.4 Å². The molecule has 1 aliphatic heterocycles. The molecule has 2 unspecified atom stereocenters. The Bertz CT molecular complexity index is 639. The smallest absolute Gasteiger partial charge is 0.245 e. The Labute approximate surface area is 129 Å². The van der Waals surface area contributed by atoms with Crippen LogP contribution in [-0.4, -0.2) is 33.8 Å². The highest BCUT2D eigenvalue weighted by molar-refractivity contribution is 6.33. The highest BCUT2D eigenvalue weighted by Gasteiger charge is 2.27. The molecule has 3 rings (SSSR count). The number of halogens is 1. The number of benzene rings is 1. The summed E-state index contributed by atoms with van der Waals surface area (Å²) in [5, 5.41) is 8.01. The van der Waals surface area contributed by atoms with Gasteiger partial charge in [0.1, 0.15) is 0 Å². The summed E-state index contributed by atoms with van der Waals surface area (Å²) < 4.78 is 0. The number of nitrogens with zero attached hydrogens (tertiary/aromatic N) is 3. The van der Waals surface area contributed by atoms with Gasteiger partial charge in [-0.3, -0.25) is 5.10 Å².